The normalized spacial score (nSPS) is 17.7. The van der Waals surface area contributed by atoms with Crippen LogP contribution in [0.25, 0.3) is 0 Å². The van der Waals surface area contributed by atoms with Gasteiger partial charge < -0.3 is 14.2 Å². The van der Waals surface area contributed by atoms with Gasteiger partial charge in [0.1, 0.15) is 12.0 Å². The smallest absolute Gasteiger partial charge is 0.336 e. The van der Waals surface area contributed by atoms with Gasteiger partial charge in [0.15, 0.2) is 0 Å². The van der Waals surface area contributed by atoms with Crippen molar-refractivity contribution in [3.8, 4) is 0 Å². The molecule has 0 bridgehead atoms. The number of hydrogen-bond acceptors (Lipinski definition) is 9. The summed E-state index contributed by atoms with van der Waals surface area (Å²) in [5.74, 6) is -3.71. The summed E-state index contributed by atoms with van der Waals surface area (Å²) in [6.45, 7) is 4.70. The van der Waals surface area contributed by atoms with Crippen LogP contribution in [0.15, 0.2) is 70.9 Å². The third-order valence-corrected chi connectivity index (χ3v) is 6.23. The summed E-state index contributed by atoms with van der Waals surface area (Å²) < 4.78 is 15.9. The van der Waals surface area contributed by atoms with Gasteiger partial charge in [-0.1, -0.05) is 42.5 Å². The third-order valence-electron chi connectivity index (χ3n) is 6.23. The predicted molar refractivity (Wildman–Crippen MR) is 138 cm³/mol. The lowest BCUT2D eigenvalue weighted by Gasteiger charge is -2.32. The van der Waals surface area contributed by atoms with E-state index in [2.05, 4.69) is 4.99 Å². The maximum atomic E-state index is 13.3. The molecular weight excluding hydrogens is 492 g/mol. The first-order valence-electron chi connectivity index (χ1n) is 12.2. The molecule has 3 unspecified atom stereocenters. The molecule has 3 atom stereocenters. The lowest BCUT2D eigenvalue weighted by atomic mass is 9.75. The Hall–Kier alpha value is -4.34. The van der Waals surface area contributed by atoms with Crippen LogP contribution >= 0.6 is 0 Å². The molecule has 10 nitrogen and oxygen atoms in total. The topological polar surface area (TPSA) is 134 Å². The molecule has 2 aromatic carbocycles. The van der Waals surface area contributed by atoms with E-state index in [1.165, 1.54) is 32.2 Å². The number of aliphatic imine (C=N–C) groups is 1. The largest absolute Gasteiger partial charge is 0.468 e. The van der Waals surface area contributed by atoms with Crippen LogP contribution in [0.5, 0.6) is 0 Å². The van der Waals surface area contributed by atoms with Crippen LogP contribution in [0.3, 0.4) is 0 Å². The van der Waals surface area contributed by atoms with Crippen molar-refractivity contribution in [1.82, 2.24) is 0 Å². The Morgan fingerprint density at radius 3 is 2.42 bits per heavy atom. The van der Waals surface area contributed by atoms with Crippen molar-refractivity contribution < 1.29 is 33.5 Å². The number of nitro benzene ring substituents is 1. The summed E-state index contributed by atoms with van der Waals surface area (Å²) >= 11 is 0. The molecule has 10 heteroatoms. The molecule has 0 radical (unpaired) electrons. The van der Waals surface area contributed by atoms with E-state index < -0.39 is 40.8 Å². The number of benzene rings is 2. The molecule has 1 aliphatic heterocycles. The van der Waals surface area contributed by atoms with E-state index in [1.54, 1.807) is 19.9 Å². The van der Waals surface area contributed by atoms with E-state index in [4.69, 9.17) is 14.2 Å². The average Bonchev–Trinajstić information content (AvgIpc) is 2.90. The zero-order valence-corrected chi connectivity index (χ0v) is 21.7. The summed E-state index contributed by atoms with van der Waals surface area (Å²) in [6.07, 6.45) is -0.101. The van der Waals surface area contributed by atoms with E-state index in [9.17, 15) is 24.5 Å². The minimum atomic E-state index is -0.997. The quantitative estimate of drug-likeness (QED) is 0.187. The molecule has 0 N–H and O–H groups in total. The predicted octanol–water partition coefficient (Wildman–Crippen LogP) is 4.84. The number of hydrogen-bond donors (Lipinski definition) is 0. The molecule has 0 aliphatic carbocycles. The van der Waals surface area contributed by atoms with Crippen LogP contribution in [-0.4, -0.2) is 42.3 Å². The summed E-state index contributed by atoms with van der Waals surface area (Å²) in [4.78, 5) is 53.7. The van der Waals surface area contributed by atoms with Gasteiger partial charge >= 0.3 is 17.9 Å². The standard InChI is InChI=1S/C28H30N2O8/c1-5-37-28(33)26-22(14-15-23(38-18(3)31)19-10-7-6-8-11-19)29-17(2)24(27(32)36-4)25(26)20-12-9-13-21(16-20)30(34)35/h6-13,16,23-25H,5,14-15H2,1-4H3. The molecule has 200 valence electrons. The van der Waals surface area contributed by atoms with Gasteiger partial charge in [0.2, 0.25) is 0 Å². The van der Waals surface area contributed by atoms with Crippen molar-refractivity contribution in [2.24, 2.45) is 10.9 Å². The highest BCUT2D eigenvalue weighted by Crippen LogP contribution is 2.42. The highest BCUT2D eigenvalue weighted by atomic mass is 16.6. The van der Waals surface area contributed by atoms with Gasteiger partial charge in [0, 0.05) is 30.7 Å². The lowest BCUT2D eigenvalue weighted by molar-refractivity contribution is -0.384. The van der Waals surface area contributed by atoms with Crippen molar-refractivity contribution in [2.45, 2.75) is 45.6 Å². The van der Waals surface area contributed by atoms with E-state index >= 15 is 0 Å². The summed E-state index contributed by atoms with van der Waals surface area (Å²) in [6, 6.07) is 15.0. The fraction of sp³-hybridized carbons (Fsp3) is 0.357. The molecule has 0 saturated carbocycles. The highest BCUT2D eigenvalue weighted by molar-refractivity contribution is 6.07. The second-order valence-corrected chi connectivity index (χ2v) is 8.71. The van der Waals surface area contributed by atoms with Gasteiger partial charge in [-0.25, -0.2) is 4.79 Å². The van der Waals surface area contributed by atoms with Gasteiger partial charge in [-0.15, -0.1) is 0 Å². The van der Waals surface area contributed by atoms with E-state index in [1.807, 2.05) is 30.3 Å². The average molecular weight is 523 g/mol. The molecule has 0 aromatic heterocycles. The van der Waals surface area contributed by atoms with Crippen LogP contribution in [0, 0.1) is 16.0 Å². The molecule has 0 saturated heterocycles. The molecule has 1 heterocycles. The summed E-state index contributed by atoms with van der Waals surface area (Å²) in [5.41, 5.74) is 1.83. The van der Waals surface area contributed by atoms with E-state index in [-0.39, 0.29) is 24.3 Å². The van der Waals surface area contributed by atoms with Crippen molar-refractivity contribution >= 4 is 29.3 Å². The molecule has 38 heavy (non-hydrogen) atoms. The minimum Gasteiger partial charge on any atom is -0.468 e. The number of carbonyl (C=O) groups is 3. The Labute approximate surface area is 220 Å². The van der Waals surface area contributed by atoms with Crippen LogP contribution in [0.1, 0.15) is 56.8 Å². The molecule has 2 aromatic rings. The summed E-state index contributed by atoms with van der Waals surface area (Å²) in [5, 5.41) is 11.5. The monoisotopic (exact) mass is 522 g/mol. The molecule has 0 fully saturated rings. The number of ether oxygens (including phenoxy) is 3. The van der Waals surface area contributed by atoms with Crippen LogP contribution < -0.4 is 0 Å². The van der Waals surface area contributed by atoms with Crippen LogP contribution in [0.2, 0.25) is 0 Å². The second-order valence-electron chi connectivity index (χ2n) is 8.71. The van der Waals surface area contributed by atoms with Crippen LogP contribution in [-0.2, 0) is 28.6 Å². The Kier molecular flexibility index (Phi) is 9.48. The van der Waals surface area contributed by atoms with Gasteiger partial charge in [-0.2, -0.15) is 0 Å². The van der Waals surface area contributed by atoms with Crippen molar-refractivity contribution in [3.63, 3.8) is 0 Å². The Balaban J connectivity index is 2.15. The second kappa shape index (κ2) is 12.8. The van der Waals surface area contributed by atoms with Crippen molar-refractivity contribution in [1.29, 1.82) is 0 Å². The van der Waals surface area contributed by atoms with Gasteiger partial charge in [-0.3, -0.25) is 24.7 Å². The maximum Gasteiger partial charge on any atom is 0.336 e. The molecule has 0 amide bonds. The SMILES string of the molecule is CCOC(=O)C1=C(CCC(OC(C)=O)c2ccccc2)N=C(C)C(C(=O)OC)C1c1cccc([N+](=O)[O-])c1. The van der Waals surface area contributed by atoms with E-state index in [0.717, 1.165) is 5.56 Å². The first-order valence-corrected chi connectivity index (χ1v) is 12.2. The van der Waals surface area contributed by atoms with Crippen LogP contribution in [0.4, 0.5) is 5.69 Å². The number of allylic oxidation sites excluding steroid dienone is 1. The fourth-order valence-corrected chi connectivity index (χ4v) is 4.63. The van der Waals surface area contributed by atoms with Gasteiger partial charge in [0.05, 0.1) is 29.9 Å². The van der Waals surface area contributed by atoms with Gasteiger partial charge in [-0.05, 0) is 37.8 Å². The lowest BCUT2D eigenvalue weighted by Crippen LogP contribution is -2.36. The summed E-state index contributed by atoms with van der Waals surface area (Å²) in [7, 11) is 1.23. The number of esters is 3. The first-order chi connectivity index (χ1) is 18.2. The zero-order valence-electron chi connectivity index (χ0n) is 21.7. The number of nitro groups is 1. The Morgan fingerprint density at radius 1 is 1.11 bits per heavy atom. The third kappa shape index (κ3) is 6.50. The maximum absolute atomic E-state index is 13.3. The Bertz CT molecular complexity index is 1270. The first kappa shape index (κ1) is 28.2. The number of rotatable bonds is 10. The molecule has 3 rings (SSSR count). The zero-order chi connectivity index (χ0) is 27.8. The number of carbonyl (C=O) groups excluding carboxylic acids is 3. The van der Waals surface area contributed by atoms with Crippen molar-refractivity contribution in [2.75, 3.05) is 13.7 Å². The number of nitrogens with zero attached hydrogens (tertiary/aromatic N) is 2. The molecular formula is C28H30N2O8. The fourth-order valence-electron chi connectivity index (χ4n) is 4.63. The minimum absolute atomic E-state index is 0.0724. The number of non-ortho nitro benzene ring substituents is 1. The Morgan fingerprint density at radius 2 is 1.82 bits per heavy atom. The number of methoxy groups -OCH3 is 1. The van der Waals surface area contributed by atoms with E-state index in [0.29, 0.717) is 23.4 Å². The highest BCUT2D eigenvalue weighted by Gasteiger charge is 2.43. The van der Waals surface area contributed by atoms with Gasteiger partial charge in [0.25, 0.3) is 5.69 Å². The van der Waals surface area contributed by atoms with Crippen molar-refractivity contribution in [3.05, 3.63) is 87.1 Å². The molecule has 0 spiro atoms. The molecule has 1 aliphatic rings.